The summed E-state index contributed by atoms with van der Waals surface area (Å²) in [5, 5.41) is 3.50. The van der Waals surface area contributed by atoms with E-state index in [4.69, 9.17) is 0 Å². The van der Waals surface area contributed by atoms with E-state index in [2.05, 4.69) is 22.1 Å². The molecular formula is C15H26N4O. The normalized spacial score (nSPS) is 18.4. The molecule has 1 atom stereocenters. The van der Waals surface area contributed by atoms with Crippen molar-refractivity contribution in [1.82, 2.24) is 14.9 Å². The molecule has 0 spiro atoms. The summed E-state index contributed by atoms with van der Waals surface area (Å²) >= 11 is 0. The minimum atomic E-state index is 0.0316. The fourth-order valence-electron chi connectivity index (χ4n) is 2.71. The molecule has 0 aromatic carbocycles. The van der Waals surface area contributed by atoms with Gasteiger partial charge in [-0.1, -0.05) is 13.3 Å². The lowest BCUT2D eigenvalue weighted by Crippen LogP contribution is -2.42. The Kier molecular flexibility index (Phi) is 5.59. The fourth-order valence-corrected chi connectivity index (χ4v) is 2.71. The molecule has 1 fully saturated rings. The average molecular weight is 278 g/mol. The first-order valence-corrected chi connectivity index (χ1v) is 7.80. The second-order valence-corrected chi connectivity index (χ2v) is 5.43. The zero-order valence-corrected chi connectivity index (χ0v) is 12.6. The van der Waals surface area contributed by atoms with Crippen LogP contribution in [0.1, 0.15) is 39.5 Å². The first kappa shape index (κ1) is 15.0. The predicted octanol–water partition coefficient (Wildman–Crippen LogP) is 1.62. The number of anilines is 1. The highest BCUT2D eigenvalue weighted by atomic mass is 16.1. The van der Waals surface area contributed by atoms with Gasteiger partial charge in [0, 0.05) is 38.1 Å². The van der Waals surface area contributed by atoms with Crippen LogP contribution in [-0.2, 0) is 6.54 Å². The first-order valence-electron chi connectivity index (χ1n) is 7.80. The molecule has 1 saturated heterocycles. The second kappa shape index (κ2) is 7.43. The third kappa shape index (κ3) is 3.60. The molecule has 0 aliphatic carbocycles. The maximum absolute atomic E-state index is 12.4. The van der Waals surface area contributed by atoms with Crippen molar-refractivity contribution in [3.63, 3.8) is 0 Å². The van der Waals surface area contributed by atoms with Gasteiger partial charge in [-0.15, -0.1) is 0 Å². The lowest BCUT2D eigenvalue weighted by atomic mass is 10.2. The number of aromatic nitrogens is 2. The minimum absolute atomic E-state index is 0.0316. The Balaban J connectivity index is 2.18. The van der Waals surface area contributed by atoms with E-state index in [1.54, 1.807) is 17.0 Å². The molecule has 1 unspecified atom stereocenters. The van der Waals surface area contributed by atoms with Crippen molar-refractivity contribution in [2.45, 2.75) is 52.1 Å². The van der Waals surface area contributed by atoms with Gasteiger partial charge >= 0.3 is 0 Å². The van der Waals surface area contributed by atoms with E-state index in [1.807, 2.05) is 6.92 Å². The highest BCUT2D eigenvalue weighted by Gasteiger charge is 2.20. The van der Waals surface area contributed by atoms with Crippen LogP contribution in [0.15, 0.2) is 17.2 Å². The quantitative estimate of drug-likeness (QED) is 0.823. The molecule has 5 nitrogen and oxygen atoms in total. The number of unbranched alkanes of at least 4 members (excludes halogenated alkanes) is 1. The third-order valence-corrected chi connectivity index (χ3v) is 3.92. The van der Waals surface area contributed by atoms with Gasteiger partial charge in [0.2, 0.25) is 0 Å². The van der Waals surface area contributed by atoms with E-state index in [0.29, 0.717) is 18.4 Å². The highest BCUT2D eigenvalue weighted by molar-refractivity contribution is 5.36. The molecule has 0 amide bonds. The van der Waals surface area contributed by atoms with E-state index < -0.39 is 0 Å². The number of hydrogen-bond acceptors (Lipinski definition) is 4. The van der Waals surface area contributed by atoms with E-state index in [-0.39, 0.29) is 5.56 Å². The Labute approximate surface area is 121 Å². The average Bonchev–Trinajstić information content (AvgIpc) is 2.97. The first-order chi connectivity index (χ1) is 9.76. The lowest BCUT2D eigenvalue weighted by molar-refractivity contribution is 0.564. The standard InChI is InChI=1S/C15H26N4O/c1-3-5-10-19(12-13-7-6-8-16-13)14-15(20)18(4-2)11-9-17-14/h9,11,13,16H,3-8,10,12H2,1-2H3. The summed E-state index contributed by atoms with van der Waals surface area (Å²) in [6.07, 6.45) is 8.14. The Morgan fingerprint density at radius 1 is 1.50 bits per heavy atom. The fraction of sp³-hybridized carbons (Fsp3) is 0.733. The number of aryl methyl sites for hydroxylation is 1. The van der Waals surface area contributed by atoms with Gasteiger partial charge in [0.15, 0.2) is 5.82 Å². The number of nitrogens with one attached hydrogen (secondary N) is 1. The molecule has 0 radical (unpaired) electrons. The lowest BCUT2D eigenvalue weighted by Gasteiger charge is -2.26. The van der Waals surface area contributed by atoms with E-state index >= 15 is 0 Å². The van der Waals surface area contributed by atoms with Crippen molar-refractivity contribution in [1.29, 1.82) is 0 Å². The van der Waals surface area contributed by atoms with Crippen molar-refractivity contribution in [2.75, 3.05) is 24.5 Å². The zero-order chi connectivity index (χ0) is 14.4. The van der Waals surface area contributed by atoms with E-state index in [0.717, 1.165) is 32.5 Å². The molecule has 1 aromatic rings. The summed E-state index contributed by atoms with van der Waals surface area (Å²) in [5.74, 6) is 0.608. The van der Waals surface area contributed by atoms with E-state index in [1.165, 1.54) is 12.8 Å². The molecule has 1 aliphatic heterocycles. The van der Waals surface area contributed by atoms with Crippen LogP contribution in [-0.4, -0.2) is 35.2 Å². The number of nitrogens with zero attached hydrogens (tertiary/aromatic N) is 3. The molecule has 0 bridgehead atoms. The zero-order valence-electron chi connectivity index (χ0n) is 12.6. The van der Waals surface area contributed by atoms with Crippen molar-refractivity contribution in [3.8, 4) is 0 Å². The highest BCUT2D eigenvalue weighted by Crippen LogP contribution is 2.12. The third-order valence-electron chi connectivity index (χ3n) is 3.92. The molecule has 2 heterocycles. The summed E-state index contributed by atoms with van der Waals surface area (Å²) in [6, 6.07) is 0.489. The molecule has 2 rings (SSSR count). The van der Waals surface area contributed by atoms with Crippen LogP contribution in [0.5, 0.6) is 0 Å². The Hall–Kier alpha value is -1.36. The predicted molar refractivity (Wildman–Crippen MR) is 82.3 cm³/mol. The Bertz CT molecular complexity index is 465. The van der Waals surface area contributed by atoms with Crippen molar-refractivity contribution in [3.05, 3.63) is 22.7 Å². The summed E-state index contributed by atoms with van der Waals surface area (Å²) in [5.41, 5.74) is 0.0316. The smallest absolute Gasteiger partial charge is 0.293 e. The van der Waals surface area contributed by atoms with Gasteiger partial charge in [0.1, 0.15) is 0 Å². The van der Waals surface area contributed by atoms with E-state index in [9.17, 15) is 4.79 Å². The monoisotopic (exact) mass is 278 g/mol. The van der Waals surface area contributed by atoms with Crippen LogP contribution in [0.25, 0.3) is 0 Å². The Morgan fingerprint density at radius 3 is 3.00 bits per heavy atom. The summed E-state index contributed by atoms with van der Waals surface area (Å²) in [7, 11) is 0. The van der Waals surface area contributed by atoms with Gasteiger partial charge in [-0.2, -0.15) is 0 Å². The van der Waals surface area contributed by atoms with Crippen LogP contribution in [0, 0.1) is 0 Å². The van der Waals surface area contributed by atoms with Crippen LogP contribution < -0.4 is 15.8 Å². The molecule has 1 aliphatic rings. The topological polar surface area (TPSA) is 50.2 Å². The van der Waals surface area contributed by atoms with Crippen LogP contribution in [0.3, 0.4) is 0 Å². The molecule has 0 saturated carbocycles. The molecule has 20 heavy (non-hydrogen) atoms. The van der Waals surface area contributed by atoms with Gasteiger partial charge in [-0.05, 0) is 32.7 Å². The van der Waals surface area contributed by atoms with Crippen molar-refractivity contribution in [2.24, 2.45) is 0 Å². The maximum atomic E-state index is 12.4. The number of hydrogen-bond donors (Lipinski definition) is 1. The van der Waals surface area contributed by atoms with Gasteiger partial charge in [-0.3, -0.25) is 4.79 Å². The summed E-state index contributed by atoms with van der Waals surface area (Å²) < 4.78 is 1.73. The van der Waals surface area contributed by atoms with Crippen LogP contribution in [0.2, 0.25) is 0 Å². The second-order valence-electron chi connectivity index (χ2n) is 5.43. The SMILES string of the molecule is CCCCN(CC1CCCN1)c1nccn(CC)c1=O. The van der Waals surface area contributed by atoms with Gasteiger partial charge in [-0.25, -0.2) is 4.98 Å². The van der Waals surface area contributed by atoms with Crippen LogP contribution in [0.4, 0.5) is 5.82 Å². The Morgan fingerprint density at radius 2 is 2.35 bits per heavy atom. The molecular weight excluding hydrogens is 252 g/mol. The molecule has 1 N–H and O–H groups in total. The largest absolute Gasteiger partial charge is 0.350 e. The number of rotatable bonds is 7. The molecule has 112 valence electrons. The molecule has 5 heteroatoms. The van der Waals surface area contributed by atoms with Gasteiger partial charge in [0.05, 0.1) is 0 Å². The summed E-state index contributed by atoms with van der Waals surface area (Å²) in [6.45, 7) is 7.74. The van der Waals surface area contributed by atoms with Crippen molar-refractivity contribution >= 4 is 5.82 Å². The molecule has 1 aromatic heterocycles. The van der Waals surface area contributed by atoms with Gasteiger partial charge < -0.3 is 14.8 Å². The van der Waals surface area contributed by atoms with Crippen molar-refractivity contribution < 1.29 is 0 Å². The minimum Gasteiger partial charge on any atom is -0.350 e. The van der Waals surface area contributed by atoms with Gasteiger partial charge in [0.25, 0.3) is 5.56 Å². The summed E-state index contributed by atoms with van der Waals surface area (Å²) in [4.78, 5) is 18.9. The maximum Gasteiger partial charge on any atom is 0.293 e. The van der Waals surface area contributed by atoms with Crippen LogP contribution >= 0.6 is 0 Å².